The van der Waals surface area contributed by atoms with Crippen LogP contribution in [0.2, 0.25) is 0 Å². The summed E-state index contributed by atoms with van der Waals surface area (Å²) in [5.41, 5.74) is 1.06. The third-order valence-electron chi connectivity index (χ3n) is 5.05. The van der Waals surface area contributed by atoms with Crippen molar-refractivity contribution >= 4 is 28.7 Å². The summed E-state index contributed by atoms with van der Waals surface area (Å²) >= 11 is 0. The van der Waals surface area contributed by atoms with Gasteiger partial charge in [-0.25, -0.2) is 9.59 Å². The van der Waals surface area contributed by atoms with Crippen molar-refractivity contribution < 1.29 is 29.0 Å². The van der Waals surface area contributed by atoms with Crippen LogP contribution in [0, 0.1) is 0 Å². The molecule has 1 atom stereocenters. The molecule has 184 valence electrons. The predicted molar refractivity (Wildman–Crippen MR) is 132 cm³/mol. The summed E-state index contributed by atoms with van der Waals surface area (Å²) in [6.07, 6.45) is -0.805. The molecule has 0 saturated heterocycles. The minimum Gasteiger partial charge on any atom is -0.489 e. The molecule has 3 N–H and O–H groups in total. The van der Waals surface area contributed by atoms with Crippen LogP contribution in [0.3, 0.4) is 0 Å². The van der Waals surface area contributed by atoms with E-state index in [9.17, 15) is 19.5 Å². The van der Waals surface area contributed by atoms with E-state index in [1.54, 1.807) is 45.0 Å². The van der Waals surface area contributed by atoms with E-state index < -0.39 is 23.7 Å². The van der Waals surface area contributed by atoms with Crippen molar-refractivity contribution in [3.63, 3.8) is 0 Å². The number of ether oxygens (including phenoxy) is 2. The number of fused-ring (bicyclic) bond motifs is 1. The molecular formula is C27H30N2O6. The molecule has 0 aliphatic carbocycles. The Kier molecular flexibility index (Phi) is 8.30. The maximum absolute atomic E-state index is 12.3. The summed E-state index contributed by atoms with van der Waals surface area (Å²) in [5.74, 6) is -0.967. The molecule has 0 spiro atoms. The molecule has 35 heavy (non-hydrogen) atoms. The molecule has 8 heteroatoms. The topological polar surface area (TPSA) is 114 Å². The summed E-state index contributed by atoms with van der Waals surface area (Å²) in [7, 11) is 0. The van der Waals surface area contributed by atoms with Crippen LogP contribution in [-0.4, -0.2) is 41.3 Å². The Morgan fingerprint density at radius 2 is 1.63 bits per heavy atom. The lowest BCUT2D eigenvalue weighted by molar-refractivity contribution is -0.139. The Bertz CT molecular complexity index is 1180. The lowest BCUT2D eigenvalue weighted by Crippen LogP contribution is -2.49. The van der Waals surface area contributed by atoms with E-state index in [0.717, 1.165) is 21.9 Å². The summed E-state index contributed by atoms with van der Waals surface area (Å²) < 4.78 is 11.0. The highest BCUT2D eigenvalue weighted by atomic mass is 16.6. The van der Waals surface area contributed by atoms with E-state index in [2.05, 4.69) is 28.8 Å². The Labute approximate surface area is 204 Å². The van der Waals surface area contributed by atoms with Gasteiger partial charge in [0.05, 0.1) is 6.42 Å². The number of carboxylic acids is 1. The van der Waals surface area contributed by atoms with E-state index in [4.69, 9.17) is 9.47 Å². The highest BCUT2D eigenvalue weighted by molar-refractivity contribution is 5.85. The first kappa shape index (κ1) is 25.6. The fourth-order valence-corrected chi connectivity index (χ4v) is 3.40. The third-order valence-corrected chi connectivity index (χ3v) is 5.05. The number of carboxylic acid groups (broad SMARTS) is 1. The van der Waals surface area contributed by atoms with Gasteiger partial charge in [0.25, 0.3) is 0 Å². The van der Waals surface area contributed by atoms with Crippen LogP contribution in [-0.2, 0) is 27.4 Å². The normalized spacial score (nSPS) is 12.0. The molecule has 0 aliphatic rings. The van der Waals surface area contributed by atoms with E-state index in [1.165, 1.54) is 0 Å². The van der Waals surface area contributed by atoms with Crippen LogP contribution in [0.15, 0.2) is 66.7 Å². The van der Waals surface area contributed by atoms with Crippen LogP contribution >= 0.6 is 0 Å². The summed E-state index contributed by atoms with van der Waals surface area (Å²) in [5, 5.41) is 16.4. The molecule has 0 saturated carbocycles. The number of benzene rings is 3. The van der Waals surface area contributed by atoms with Gasteiger partial charge >= 0.3 is 12.1 Å². The van der Waals surface area contributed by atoms with Gasteiger partial charge < -0.3 is 25.2 Å². The van der Waals surface area contributed by atoms with E-state index in [1.807, 2.05) is 24.3 Å². The standard InChI is InChI=1S/C27H30N2O6/c1-27(2,3)35-26(33)29-23(25(31)32)16-28-24(30)15-18-11-13-21(14-12-18)34-17-20-9-6-8-19-7-4-5-10-22(19)20/h4-14,23H,15-17H2,1-3H3,(H,28,30)(H,29,33)(H,31,32)/t23-/m0/s1. The number of carbonyl (C=O) groups is 3. The molecule has 3 aromatic rings. The molecule has 3 aromatic carbocycles. The molecule has 3 rings (SSSR count). The Morgan fingerprint density at radius 3 is 2.31 bits per heavy atom. The zero-order chi connectivity index (χ0) is 25.4. The minimum atomic E-state index is -1.31. The van der Waals surface area contributed by atoms with Crippen molar-refractivity contribution in [2.45, 2.75) is 45.4 Å². The lowest BCUT2D eigenvalue weighted by Gasteiger charge is -2.22. The summed E-state index contributed by atoms with van der Waals surface area (Å²) in [6.45, 7) is 5.17. The van der Waals surface area contributed by atoms with Crippen molar-refractivity contribution in [2.24, 2.45) is 0 Å². The molecule has 0 bridgehead atoms. The molecular weight excluding hydrogens is 448 g/mol. The Hall–Kier alpha value is -4.07. The lowest BCUT2D eigenvalue weighted by atomic mass is 10.1. The van der Waals surface area contributed by atoms with Crippen LogP contribution in [0.5, 0.6) is 5.75 Å². The van der Waals surface area contributed by atoms with Crippen LogP contribution in [0.25, 0.3) is 10.8 Å². The second kappa shape index (κ2) is 11.4. The Balaban J connectivity index is 1.49. The molecule has 0 heterocycles. The maximum atomic E-state index is 12.3. The second-order valence-corrected chi connectivity index (χ2v) is 9.09. The Morgan fingerprint density at radius 1 is 0.943 bits per heavy atom. The first-order valence-electron chi connectivity index (χ1n) is 11.3. The monoisotopic (exact) mass is 478 g/mol. The largest absolute Gasteiger partial charge is 0.489 e. The third kappa shape index (κ3) is 8.03. The number of aliphatic carboxylic acids is 1. The molecule has 0 fully saturated rings. The van der Waals surface area contributed by atoms with E-state index in [0.29, 0.717) is 12.4 Å². The SMILES string of the molecule is CC(C)(C)OC(=O)N[C@@H](CNC(=O)Cc1ccc(OCc2cccc3ccccc23)cc1)C(=O)O. The minimum absolute atomic E-state index is 0.0579. The first-order valence-corrected chi connectivity index (χ1v) is 11.3. The van der Waals surface area contributed by atoms with E-state index >= 15 is 0 Å². The van der Waals surface area contributed by atoms with Gasteiger partial charge in [-0.1, -0.05) is 54.6 Å². The van der Waals surface area contributed by atoms with E-state index in [-0.39, 0.29) is 18.9 Å². The van der Waals surface area contributed by atoms with Gasteiger partial charge in [0.15, 0.2) is 0 Å². The number of carbonyl (C=O) groups excluding carboxylic acids is 2. The number of amides is 2. The van der Waals surface area contributed by atoms with Gasteiger partial charge in [0.2, 0.25) is 5.91 Å². The van der Waals surface area contributed by atoms with Gasteiger partial charge in [0.1, 0.15) is 24.0 Å². The predicted octanol–water partition coefficient (Wildman–Crippen LogP) is 4.06. The number of nitrogens with one attached hydrogen (secondary N) is 2. The average Bonchev–Trinajstić information content (AvgIpc) is 2.80. The number of hydrogen-bond acceptors (Lipinski definition) is 5. The van der Waals surface area contributed by atoms with Gasteiger partial charge in [-0.3, -0.25) is 4.79 Å². The van der Waals surface area contributed by atoms with Gasteiger partial charge in [0, 0.05) is 6.54 Å². The van der Waals surface area contributed by atoms with Gasteiger partial charge in [-0.15, -0.1) is 0 Å². The summed E-state index contributed by atoms with van der Waals surface area (Å²) in [4.78, 5) is 35.5. The zero-order valence-corrected chi connectivity index (χ0v) is 20.0. The van der Waals surface area contributed by atoms with Crippen LogP contribution < -0.4 is 15.4 Å². The van der Waals surface area contributed by atoms with Crippen LogP contribution in [0.1, 0.15) is 31.9 Å². The molecule has 8 nitrogen and oxygen atoms in total. The average molecular weight is 479 g/mol. The zero-order valence-electron chi connectivity index (χ0n) is 20.0. The quantitative estimate of drug-likeness (QED) is 0.427. The second-order valence-electron chi connectivity index (χ2n) is 9.09. The van der Waals surface area contributed by atoms with Crippen molar-refractivity contribution in [2.75, 3.05) is 6.54 Å². The fourth-order valence-electron chi connectivity index (χ4n) is 3.40. The molecule has 2 amide bonds. The maximum Gasteiger partial charge on any atom is 0.408 e. The van der Waals surface area contributed by atoms with Gasteiger partial charge in [-0.05, 0) is 54.8 Å². The number of hydrogen-bond donors (Lipinski definition) is 3. The van der Waals surface area contributed by atoms with Crippen molar-refractivity contribution in [1.29, 1.82) is 0 Å². The van der Waals surface area contributed by atoms with Crippen molar-refractivity contribution in [1.82, 2.24) is 10.6 Å². The first-order chi connectivity index (χ1) is 16.6. The fraction of sp³-hybridized carbons (Fsp3) is 0.296. The smallest absolute Gasteiger partial charge is 0.408 e. The highest BCUT2D eigenvalue weighted by Crippen LogP contribution is 2.21. The summed E-state index contributed by atoms with van der Waals surface area (Å²) in [6, 6.07) is 20.1. The molecule has 0 unspecified atom stereocenters. The molecule has 0 radical (unpaired) electrons. The number of rotatable bonds is 9. The van der Waals surface area contributed by atoms with Crippen molar-refractivity contribution in [3.05, 3.63) is 77.9 Å². The molecule has 0 aromatic heterocycles. The number of alkyl carbamates (subject to hydrolysis) is 1. The van der Waals surface area contributed by atoms with Crippen LogP contribution in [0.4, 0.5) is 4.79 Å². The van der Waals surface area contributed by atoms with Gasteiger partial charge in [-0.2, -0.15) is 0 Å². The van der Waals surface area contributed by atoms with Crippen molar-refractivity contribution in [3.8, 4) is 5.75 Å². The highest BCUT2D eigenvalue weighted by Gasteiger charge is 2.24. The molecule has 0 aliphatic heterocycles.